The summed E-state index contributed by atoms with van der Waals surface area (Å²) < 4.78 is 5.13. The summed E-state index contributed by atoms with van der Waals surface area (Å²) >= 11 is 0. The van der Waals surface area contributed by atoms with E-state index in [0.717, 1.165) is 6.54 Å². The van der Waals surface area contributed by atoms with Crippen molar-refractivity contribution in [3.63, 3.8) is 0 Å². The molecule has 1 unspecified atom stereocenters. The van der Waals surface area contributed by atoms with E-state index in [1.54, 1.807) is 7.11 Å². The maximum Gasteiger partial charge on any atom is 0.0467 e. The summed E-state index contributed by atoms with van der Waals surface area (Å²) in [6.45, 7) is 1.16. The highest BCUT2D eigenvalue weighted by Gasteiger charge is 1.98. The van der Waals surface area contributed by atoms with Crippen LogP contribution in [0, 0.1) is 0 Å². The van der Waals surface area contributed by atoms with Crippen molar-refractivity contribution in [2.75, 3.05) is 27.7 Å². The van der Waals surface area contributed by atoms with Gasteiger partial charge in [-0.3, -0.25) is 0 Å². The van der Waals surface area contributed by atoms with Crippen LogP contribution in [0.5, 0.6) is 0 Å². The van der Waals surface area contributed by atoms with Gasteiger partial charge >= 0.3 is 0 Å². The second kappa shape index (κ2) is 5.89. The Morgan fingerprint density at radius 2 is 2.10 bits per heavy atom. The molecule has 0 saturated carbocycles. The lowest BCUT2D eigenvalue weighted by molar-refractivity contribution is 0.154. The van der Waals surface area contributed by atoms with Crippen molar-refractivity contribution >= 4 is 10.2 Å². The molecule has 0 rings (SSSR count). The predicted molar refractivity (Wildman–Crippen MR) is 47.1 cm³/mol. The standard InChI is InChI=1S/C7H18NOSi/c1-8(2)6-4-5-7(10)9-3/h7H,4-6,10H2,1-3H3. The number of rotatable bonds is 5. The second-order valence-corrected chi connectivity index (χ2v) is 3.71. The van der Waals surface area contributed by atoms with E-state index in [0.29, 0.717) is 5.73 Å². The Kier molecular flexibility index (Phi) is 5.97. The lowest BCUT2D eigenvalue weighted by Crippen LogP contribution is -2.16. The van der Waals surface area contributed by atoms with Gasteiger partial charge in [-0.05, 0) is 33.5 Å². The van der Waals surface area contributed by atoms with Crippen molar-refractivity contribution in [2.24, 2.45) is 0 Å². The summed E-state index contributed by atoms with van der Waals surface area (Å²) in [5.74, 6) is 0. The zero-order chi connectivity index (χ0) is 7.98. The van der Waals surface area contributed by atoms with Crippen molar-refractivity contribution in [1.82, 2.24) is 4.90 Å². The molecule has 0 spiro atoms. The third-order valence-corrected chi connectivity index (χ3v) is 2.21. The van der Waals surface area contributed by atoms with E-state index in [1.165, 1.54) is 12.8 Å². The number of hydrogen-bond donors (Lipinski definition) is 0. The molecule has 0 aromatic carbocycles. The first kappa shape index (κ1) is 10.1. The quantitative estimate of drug-likeness (QED) is 0.522. The van der Waals surface area contributed by atoms with E-state index < -0.39 is 0 Å². The average molecular weight is 160 g/mol. The van der Waals surface area contributed by atoms with Gasteiger partial charge in [-0.2, -0.15) is 0 Å². The van der Waals surface area contributed by atoms with Gasteiger partial charge in [0.05, 0.1) is 0 Å². The summed E-state index contributed by atoms with van der Waals surface area (Å²) in [6.07, 6.45) is 2.40. The summed E-state index contributed by atoms with van der Waals surface area (Å²) in [4.78, 5) is 2.20. The smallest absolute Gasteiger partial charge is 0.0467 e. The van der Waals surface area contributed by atoms with Crippen LogP contribution in [0.25, 0.3) is 0 Å². The van der Waals surface area contributed by atoms with E-state index in [2.05, 4.69) is 19.0 Å². The molecule has 0 N–H and O–H groups in total. The third kappa shape index (κ3) is 6.26. The van der Waals surface area contributed by atoms with Gasteiger partial charge < -0.3 is 9.64 Å². The van der Waals surface area contributed by atoms with Crippen LogP contribution in [0.15, 0.2) is 0 Å². The first-order valence-corrected chi connectivity index (χ1v) is 4.49. The lowest BCUT2D eigenvalue weighted by atomic mass is 10.3. The van der Waals surface area contributed by atoms with Crippen molar-refractivity contribution in [3.05, 3.63) is 0 Å². The Bertz CT molecular complexity index is 78.0. The number of hydrogen-bond acceptors (Lipinski definition) is 2. The summed E-state index contributed by atoms with van der Waals surface area (Å²) in [5.41, 5.74) is 0.444. The van der Waals surface area contributed by atoms with Crippen LogP contribution in [-0.4, -0.2) is 48.6 Å². The zero-order valence-electron chi connectivity index (χ0n) is 7.26. The molecular weight excluding hydrogens is 142 g/mol. The fourth-order valence-electron chi connectivity index (χ4n) is 0.753. The van der Waals surface area contributed by atoms with E-state index >= 15 is 0 Å². The summed E-state index contributed by atoms with van der Waals surface area (Å²) in [6, 6.07) is 0. The molecule has 0 aromatic heterocycles. The van der Waals surface area contributed by atoms with Gasteiger partial charge in [0.25, 0.3) is 0 Å². The van der Waals surface area contributed by atoms with Crippen LogP contribution >= 0.6 is 0 Å². The minimum atomic E-state index is 0.444. The number of methoxy groups -OCH3 is 1. The summed E-state index contributed by atoms with van der Waals surface area (Å²) in [7, 11) is 7.88. The molecule has 0 saturated heterocycles. The molecule has 0 aliphatic carbocycles. The van der Waals surface area contributed by atoms with Crippen LogP contribution in [-0.2, 0) is 4.74 Å². The molecule has 61 valence electrons. The Labute approximate surface area is 67.0 Å². The van der Waals surface area contributed by atoms with Gasteiger partial charge in [-0.15, -0.1) is 0 Å². The van der Waals surface area contributed by atoms with Crippen molar-refractivity contribution in [3.8, 4) is 0 Å². The minimum absolute atomic E-state index is 0.444. The molecule has 0 aromatic rings. The topological polar surface area (TPSA) is 12.5 Å². The first-order chi connectivity index (χ1) is 4.66. The fourth-order valence-corrected chi connectivity index (χ4v) is 1.04. The Balaban J connectivity index is 3.03. The second-order valence-electron chi connectivity index (χ2n) is 2.80. The van der Waals surface area contributed by atoms with E-state index in [9.17, 15) is 0 Å². The highest BCUT2D eigenvalue weighted by atomic mass is 28.1. The molecular formula is C7H18NOSi. The Morgan fingerprint density at radius 1 is 1.50 bits per heavy atom. The van der Waals surface area contributed by atoms with Crippen LogP contribution in [0.1, 0.15) is 12.8 Å². The largest absolute Gasteiger partial charge is 0.386 e. The third-order valence-electron chi connectivity index (χ3n) is 1.46. The molecule has 0 fully saturated rings. The van der Waals surface area contributed by atoms with E-state index in [4.69, 9.17) is 4.74 Å². The molecule has 10 heavy (non-hydrogen) atoms. The molecule has 0 heterocycles. The maximum absolute atomic E-state index is 5.13. The Morgan fingerprint density at radius 3 is 2.50 bits per heavy atom. The molecule has 1 atom stereocenters. The van der Waals surface area contributed by atoms with Gasteiger partial charge in [0, 0.05) is 23.1 Å². The molecule has 1 radical (unpaired) electrons. The molecule has 2 nitrogen and oxygen atoms in total. The van der Waals surface area contributed by atoms with Crippen LogP contribution in [0.3, 0.4) is 0 Å². The van der Waals surface area contributed by atoms with Gasteiger partial charge in [-0.1, -0.05) is 0 Å². The van der Waals surface area contributed by atoms with Crippen LogP contribution in [0.4, 0.5) is 0 Å². The number of ether oxygens (including phenoxy) is 1. The molecule has 0 aliphatic heterocycles. The van der Waals surface area contributed by atoms with Crippen LogP contribution in [0.2, 0.25) is 0 Å². The van der Waals surface area contributed by atoms with Crippen molar-refractivity contribution < 1.29 is 4.74 Å². The minimum Gasteiger partial charge on any atom is -0.386 e. The van der Waals surface area contributed by atoms with E-state index in [-0.39, 0.29) is 0 Å². The highest BCUT2D eigenvalue weighted by molar-refractivity contribution is 6.10. The number of nitrogens with zero attached hydrogens (tertiary/aromatic N) is 1. The van der Waals surface area contributed by atoms with Crippen molar-refractivity contribution in [1.29, 1.82) is 0 Å². The first-order valence-electron chi connectivity index (χ1n) is 3.67. The van der Waals surface area contributed by atoms with Crippen molar-refractivity contribution in [2.45, 2.75) is 18.6 Å². The molecule has 0 amide bonds. The zero-order valence-corrected chi connectivity index (χ0v) is 8.68. The molecule has 3 heteroatoms. The monoisotopic (exact) mass is 160 g/mol. The normalized spacial score (nSPS) is 14.1. The van der Waals surface area contributed by atoms with Gasteiger partial charge in [0.2, 0.25) is 0 Å². The lowest BCUT2D eigenvalue weighted by Gasteiger charge is -2.12. The highest BCUT2D eigenvalue weighted by Crippen LogP contribution is 1.96. The SMILES string of the molecule is COC([SiH2])CCCN(C)C. The Hall–Kier alpha value is 0.137. The predicted octanol–water partition coefficient (Wildman–Crippen LogP) is -0.0662. The van der Waals surface area contributed by atoms with Crippen LogP contribution < -0.4 is 0 Å². The average Bonchev–Trinajstić information content (AvgIpc) is 1.87. The summed E-state index contributed by atoms with van der Waals surface area (Å²) in [5, 5.41) is 0. The van der Waals surface area contributed by atoms with Gasteiger partial charge in [0.15, 0.2) is 0 Å². The fraction of sp³-hybridized carbons (Fsp3) is 1.00. The molecule has 0 bridgehead atoms. The van der Waals surface area contributed by atoms with Gasteiger partial charge in [0.1, 0.15) is 0 Å². The van der Waals surface area contributed by atoms with Gasteiger partial charge in [-0.25, -0.2) is 0 Å². The van der Waals surface area contributed by atoms with E-state index in [1.807, 2.05) is 10.2 Å². The molecule has 0 aliphatic rings. The maximum atomic E-state index is 5.13.